The molecule has 14 N–H and O–H groups in total. The summed E-state index contributed by atoms with van der Waals surface area (Å²) in [5.41, 5.74) is -10.1. The molecule has 55 heteroatoms. The van der Waals surface area contributed by atoms with Crippen LogP contribution in [-0.2, 0) is 114 Å². The van der Waals surface area contributed by atoms with Gasteiger partial charge in [-0.05, 0) is 114 Å². The maximum atomic E-state index is 15.9. The minimum atomic E-state index is -4.91. The number of carboxylic acids is 1. The Morgan fingerprint density at radius 1 is 0.767 bits per heavy atom. The van der Waals surface area contributed by atoms with Gasteiger partial charge in [0.1, 0.15) is 89.8 Å². The van der Waals surface area contributed by atoms with Crippen LogP contribution in [-0.4, -0.2) is 283 Å². The van der Waals surface area contributed by atoms with E-state index in [0.717, 1.165) is 55.8 Å². The molecule has 0 aliphatic carbocycles. The molecule has 3 aromatic rings. The van der Waals surface area contributed by atoms with E-state index in [4.69, 9.17) is 78.9 Å². The minimum absolute atomic E-state index is 0.0212. The molecule has 0 bridgehead atoms. The zero-order chi connectivity index (χ0) is 96.5. The number of carbonyl (C=O) groups excluding carboxylic acids is 5. The molecule has 5 saturated heterocycles. The van der Waals surface area contributed by atoms with Crippen molar-refractivity contribution < 1.29 is 180 Å². The Labute approximate surface area is 741 Å². The van der Waals surface area contributed by atoms with Crippen LogP contribution in [0.5, 0.6) is 11.6 Å². The van der Waals surface area contributed by atoms with Crippen LogP contribution < -0.4 is 35.4 Å². The van der Waals surface area contributed by atoms with Crippen molar-refractivity contribution in [3.8, 4) is 24.0 Å². The Bertz CT molecular complexity index is 4960. The number of nitrogens with zero attached hydrogens (tertiary/aromatic N) is 7. The summed E-state index contributed by atoms with van der Waals surface area (Å²) in [5.74, 6) is -6.32. The largest absolute Gasteiger partial charge is 0.510 e. The Balaban J connectivity index is 0.000000214. The average Bonchev–Trinajstić information content (AvgIpc) is 1.55. The number of hydrogen-bond acceptors (Lipinski definition) is 38. The van der Waals surface area contributed by atoms with Gasteiger partial charge in [0.2, 0.25) is 12.7 Å². The number of aliphatic carboxylic acids is 1. The molecule has 10 heterocycles. The first kappa shape index (κ1) is 106. The first-order chi connectivity index (χ1) is 59.9. The molecular weight excluding hydrogens is 1830 g/mol. The number of fused-ring (bicyclic) bond motifs is 2. The zero-order valence-electron chi connectivity index (χ0n) is 71.6. The van der Waals surface area contributed by atoms with Gasteiger partial charge in [-0.2, -0.15) is 4.98 Å². The van der Waals surface area contributed by atoms with Crippen molar-refractivity contribution in [3.63, 3.8) is 0 Å². The van der Waals surface area contributed by atoms with Crippen LogP contribution in [0.1, 0.15) is 95.1 Å². The van der Waals surface area contributed by atoms with Crippen molar-refractivity contribution in [2.45, 2.75) is 204 Å². The average molecular weight is 1940 g/mol. The molecule has 8 aliphatic rings. The van der Waals surface area contributed by atoms with Crippen molar-refractivity contribution >= 4 is 88.8 Å². The van der Waals surface area contributed by atoms with E-state index in [1.54, 1.807) is 91.7 Å². The van der Waals surface area contributed by atoms with E-state index in [-0.39, 0.29) is 53.1 Å². The molecule has 2 aromatic heterocycles. The Morgan fingerprint density at radius 2 is 1.33 bits per heavy atom. The maximum Gasteiger partial charge on any atom is 0.510 e. The number of amides is 3. The summed E-state index contributed by atoms with van der Waals surface area (Å²) in [6.45, 7) is 20.2. The number of benzene rings is 1. The van der Waals surface area contributed by atoms with Gasteiger partial charge in [-0.3, -0.25) is 51.2 Å². The molecule has 129 heavy (non-hydrogen) atoms. The van der Waals surface area contributed by atoms with Gasteiger partial charge in [-0.15, -0.1) is 6.42 Å². The molecule has 22 atom stereocenters. The first-order valence-electron chi connectivity index (χ1n) is 39.0. The van der Waals surface area contributed by atoms with Crippen LogP contribution in [0.15, 0.2) is 111 Å². The van der Waals surface area contributed by atoms with E-state index in [1.165, 1.54) is 34.3 Å². The van der Waals surface area contributed by atoms with E-state index in [9.17, 15) is 87.3 Å². The summed E-state index contributed by atoms with van der Waals surface area (Å²) in [6, 6.07) is 6.38. The number of rotatable bonds is 33. The number of phosphoric ester groups is 2. The van der Waals surface area contributed by atoms with Crippen LogP contribution >= 0.6 is 30.0 Å². The van der Waals surface area contributed by atoms with Crippen molar-refractivity contribution in [3.05, 3.63) is 117 Å². The second kappa shape index (κ2) is 42.2. The summed E-state index contributed by atoms with van der Waals surface area (Å²) in [7, 11) is -13.9. The van der Waals surface area contributed by atoms with E-state index >= 15 is 13.2 Å². The number of carboxylic acid groups (broad SMARTS) is 1. The van der Waals surface area contributed by atoms with Crippen molar-refractivity contribution in [2.75, 3.05) is 59.7 Å². The normalized spacial score (nSPS) is 32.4. The molecular formula is C74H104F4N12O34P4S. The number of aromatic nitrogens is 4. The predicted octanol–water partition coefficient (Wildman–Crippen LogP) is 3.95. The molecule has 11 rings (SSSR count). The number of aliphatic hydroxyl groups excluding tert-OH is 4. The van der Waals surface area contributed by atoms with Gasteiger partial charge in [0.25, 0.3) is 29.4 Å². The Kier molecular flexibility index (Phi) is 34.7. The second-order valence-corrected chi connectivity index (χ2v) is 38.7. The number of aryl methyl sites for hydroxylation is 1. The fourth-order valence-corrected chi connectivity index (χ4v) is 19.2. The number of para-hydroxylation sites is 1. The van der Waals surface area contributed by atoms with Gasteiger partial charge in [0, 0.05) is 42.7 Å². The number of halogens is 4. The monoisotopic (exact) mass is 1940 g/mol. The highest BCUT2D eigenvalue weighted by Gasteiger charge is 2.71. The highest BCUT2D eigenvalue weighted by molar-refractivity contribution is 8.09. The van der Waals surface area contributed by atoms with Crippen LogP contribution in [0.3, 0.4) is 0 Å². The highest BCUT2D eigenvalue weighted by atomic mass is 32.5. The molecule has 0 radical (unpaired) electrons. The predicted molar refractivity (Wildman–Crippen MR) is 439 cm³/mol. The van der Waals surface area contributed by atoms with Gasteiger partial charge in [0.05, 0.1) is 63.8 Å². The van der Waals surface area contributed by atoms with Gasteiger partial charge in [-0.1, -0.05) is 43.9 Å². The number of phosphoric acid groups is 2. The molecule has 8 aliphatic heterocycles. The second-order valence-electron chi connectivity index (χ2n) is 31.0. The Morgan fingerprint density at radius 3 is 1.84 bits per heavy atom. The van der Waals surface area contributed by atoms with Crippen LogP contribution in [0, 0.1) is 30.6 Å². The lowest BCUT2D eigenvalue weighted by Crippen LogP contribution is -2.55. The number of aliphatic hydroxyl groups is 6. The number of carbonyl (C=O) groups is 6. The van der Waals surface area contributed by atoms with E-state index in [1.807, 2.05) is 6.07 Å². The summed E-state index contributed by atoms with van der Waals surface area (Å²) >= 11 is 5.76. The lowest BCUT2D eigenvalue weighted by molar-refractivity contribution is -0.220. The van der Waals surface area contributed by atoms with E-state index in [0.29, 0.717) is 18.2 Å². The molecule has 5 fully saturated rings. The zero-order valence-corrected chi connectivity index (χ0v) is 76.0. The lowest BCUT2D eigenvalue weighted by Gasteiger charge is -2.39. The fourth-order valence-electron chi connectivity index (χ4n) is 13.4. The number of hydrogen-bond donors (Lipinski definition) is 14. The quantitative estimate of drug-likeness (QED) is 0.0135. The topological polar surface area (TPSA) is 597 Å². The van der Waals surface area contributed by atoms with E-state index < -0.39 is 226 Å². The fraction of sp³-hybridized carbons (Fsp3) is 0.581. The number of nitrogens with one attached hydrogen (secondary N) is 5. The molecule has 0 saturated carbocycles. The van der Waals surface area contributed by atoms with E-state index in [2.05, 4.69) is 80.2 Å². The molecule has 0 spiro atoms. The molecule has 3 amide bonds. The van der Waals surface area contributed by atoms with Crippen molar-refractivity contribution in [1.82, 2.24) is 60.3 Å². The number of esters is 1. The Hall–Kier alpha value is -8.39. The number of terminal acetylenes is 1. The third-order valence-corrected chi connectivity index (χ3v) is 25.8. The van der Waals surface area contributed by atoms with Gasteiger partial charge in [-0.25, -0.2) is 60.7 Å². The molecule has 46 nitrogen and oxygen atoms in total. The first-order valence-corrected chi connectivity index (χ1v) is 46.1. The molecule has 1 aromatic carbocycles. The molecule has 718 valence electrons. The van der Waals surface area contributed by atoms with Crippen LogP contribution in [0.2, 0.25) is 0 Å². The van der Waals surface area contributed by atoms with Crippen molar-refractivity contribution in [2.24, 2.45) is 11.3 Å². The SMILES string of the molecule is C#C[C@@]1(CO)[C@H](CO)[C@@H](COP(=S)(N[C@@H](C)C(=O)OC(C)C)Oc2ccccc2)O[C@H]1N1C=CC(=O)NC1=C.C=C1NC(=O)C=CN1[C@@H]1O[C@](CF)(COP(=O)(O)OCOC(=O)OC(C)C)[C@@H](O)[C@@]1(C)O.C=C1NC(=O)C=CN1[C@@H]1O[C@](F)(COP(=O)(O)NC(C)C(=O)O)[C@@H](O)[C@@]1(C)O.CCOc1nc(C)nc2c1ncn2[C@@H]1O[C@]2(F)COP(=O)(OC(C)C)O[C@H]2[C@@]1(C)F. The van der Waals surface area contributed by atoms with Crippen molar-refractivity contribution in [1.29, 1.82) is 0 Å². The maximum absolute atomic E-state index is 15.9. The number of ether oxygens (including phenoxy) is 8. The van der Waals surface area contributed by atoms with Gasteiger partial charge >= 0.3 is 48.1 Å². The lowest BCUT2D eigenvalue weighted by atomic mass is 9.74. The summed E-state index contributed by atoms with van der Waals surface area (Å²) < 4.78 is 182. The van der Waals surface area contributed by atoms with Gasteiger partial charge in [0.15, 0.2) is 53.4 Å². The smallest absolute Gasteiger partial charge is 0.480 e. The minimum Gasteiger partial charge on any atom is -0.480 e. The van der Waals surface area contributed by atoms with Crippen LogP contribution in [0.4, 0.5) is 22.4 Å². The highest BCUT2D eigenvalue weighted by Crippen LogP contribution is 2.64. The number of alkyl halides is 4. The van der Waals surface area contributed by atoms with Crippen LogP contribution in [0.25, 0.3) is 11.2 Å². The third-order valence-electron chi connectivity index (χ3n) is 19.6. The summed E-state index contributed by atoms with van der Waals surface area (Å²) in [6.07, 6.45) is -0.632. The third kappa shape index (κ3) is 24.9. The van der Waals surface area contributed by atoms with Gasteiger partial charge < -0.3 is 123 Å². The summed E-state index contributed by atoms with van der Waals surface area (Å²) in [5, 5.41) is 83.5. The summed E-state index contributed by atoms with van der Waals surface area (Å²) in [4.78, 5) is 105. The standard InChI is InChI=1S/C26H34N3O8PS.C17H23F2N4O6P.C17H26FN2O11P.C14H21FN3O9P/c1-6-26(16-31)21(14-30)22(36-25(26)29-13-12-23(32)27-19(29)5)15-34-38(39,37-20-10-8-7-9-11-20)28-18(4)24(33)35-17(2)3;1-6-25-13-11-12(21-10(4)22-13)23(8-20-11)15-16(5,18)14-17(19,27-15)7-26-30(24,29-14)28-9(2)3;1-10(2)30-15(23)27-9-29-32(25,26)28-8-17(7-18)13(22)16(4,24)14(31-17)20-6-5-12(21)19-11(20)3;1-7(10(20)21)17-28(24,25)26-6-14(15)11(22)13(3,23)12(27-14)18-5-4-9(19)16-8(18)2/h1,7-13,17-18,21-22,25,30-31H,5,14-16H2,2-4H3,(H,27,32)(H,28,39);8-9,14-15H,6-7H2,1-5H3;5-6,10,13-14,22,24H,3,7-9H2,1-2,4H3,(H,19,21)(H,25,26);4-5,7,11-12,22-23H,2,6H2,1,3H3,(H,16,19)(H,20,21)(H2,17,24,25)/t18-,21+,22+,25+,26+,38?;14-,15+,16+,17+,30?;13-,14+,16+,17+;7?,11-,12+,13+,14+/m0000/s1. The molecule has 5 unspecified atom stereocenters. The number of imidazole rings is 1.